The van der Waals surface area contributed by atoms with Crippen molar-refractivity contribution in [2.24, 2.45) is 11.7 Å². The molecular weight excluding hydrogens is 578 g/mol. The van der Waals surface area contributed by atoms with E-state index in [1.807, 2.05) is 6.07 Å². The highest BCUT2D eigenvalue weighted by molar-refractivity contribution is 6.34. The van der Waals surface area contributed by atoms with E-state index in [0.717, 1.165) is 12.1 Å². The fourth-order valence-electron chi connectivity index (χ4n) is 4.89. The second-order valence-corrected chi connectivity index (χ2v) is 10.1. The molecule has 0 aromatic heterocycles. The molecule has 1 heterocycles. The van der Waals surface area contributed by atoms with Crippen LogP contribution in [0, 0.1) is 23.1 Å². The Bertz CT molecular complexity index is 1540. The first kappa shape index (κ1) is 30.3. The van der Waals surface area contributed by atoms with Gasteiger partial charge in [-0.1, -0.05) is 48.0 Å². The van der Waals surface area contributed by atoms with E-state index in [1.165, 1.54) is 29.2 Å². The van der Waals surface area contributed by atoms with Crippen LogP contribution >= 0.6 is 11.6 Å². The Morgan fingerprint density at radius 2 is 1.86 bits per heavy atom. The second-order valence-electron chi connectivity index (χ2n) is 9.66. The third-order valence-electron chi connectivity index (χ3n) is 6.80. The summed E-state index contributed by atoms with van der Waals surface area (Å²) in [6.45, 7) is -0.322. The minimum absolute atomic E-state index is 0.0166. The van der Waals surface area contributed by atoms with Gasteiger partial charge >= 0.3 is 6.18 Å². The predicted octanol–water partition coefficient (Wildman–Crippen LogP) is 5.15. The number of carbonyl (C=O) groups is 3. The van der Waals surface area contributed by atoms with Crippen molar-refractivity contribution >= 4 is 46.4 Å². The zero-order valence-corrected chi connectivity index (χ0v) is 22.5. The van der Waals surface area contributed by atoms with Crippen LogP contribution in [0.5, 0.6) is 0 Å². The molecule has 4 rings (SSSR count). The molecule has 0 spiro atoms. The SMILES string of the molecule is N#Cc1cc(F)cc(N2CC(NC(=O)C(CCC(F)(F)F)C(C(N)=O)c3ccccc3)C(=O)Nc3c(Cl)cccc32)c1. The van der Waals surface area contributed by atoms with Crippen LogP contribution in [-0.2, 0) is 14.4 Å². The molecule has 1 aliphatic rings. The van der Waals surface area contributed by atoms with Gasteiger partial charge in [-0.3, -0.25) is 14.4 Å². The van der Waals surface area contributed by atoms with Crippen molar-refractivity contribution < 1.29 is 31.9 Å². The molecule has 8 nitrogen and oxygen atoms in total. The molecule has 218 valence electrons. The van der Waals surface area contributed by atoms with E-state index in [9.17, 15) is 37.2 Å². The highest BCUT2D eigenvalue weighted by atomic mass is 35.5. The molecule has 4 N–H and O–H groups in total. The minimum atomic E-state index is -4.64. The van der Waals surface area contributed by atoms with E-state index in [-0.39, 0.29) is 34.1 Å². The van der Waals surface area contributed by atoms with Gasteiger partial charge in [-0.2, -0.15) is 18.4 Å². The lowest BCUT2D eigenvalue weighted by Crippen LogP contribution is -2.51. The van der Waals surface area contributed by atoms with Gasteiger partial charge in [-0.25, -0.2) is 4.39 Å². The van der Waals surface area contributed by atoms with Gasteiger partial charge in [0.05, 0.1) is 46.4 Å². The highest BCUT2D eigenvalue weighted by Crippen LogP contribution is 2.40. The van der Waals surface area contributed by atoms with E-state index in [0.29, 0.717) is 5.69 Å². The smallest absolute Gasteiger partial charge is 0.369 e. The molecule has 3 aromatic carbocycles. The van der Waals surface area contributed by atoms with Gasteiger partial charge in [-0.15, -0.1) is 0 Å². The summed E-state index contributed by atoms with van der Waals surface area (Å²) in [6.07, 6.45) is -6.80. The Hall–Kier alpha value is -4.63. The van der Waals surface area contributed by atoms with E-state index in [2.05, 4.69) is 10.6 Å². The fraction of sp³-hybridized carbons (Fsp3) is 0.241. The summed E-state index contributed by atoms with van der Waals surface area (Å²) in [5, 5.41) is 14.6. The van der Waals surface area contributed by atoms with E-state index in [1.54, 1.807) is 30.3 Å². The number of benzene rings is 3. The van der Waals surface area contributed by atoms with Crippen molar-refractivity contribution in [3.63, 3.8) is 0 Å². The van der Waals surface area contributed by atoms with E-state index < -0.39 is 60.4 Å². The van der Waals surface area contributed by atoms with Gasteiger partial charge < -0.3 is 21.3 Å². The maximum absolute atomic E-state index is 14.4. The molecule has 0 bridgehead atoms. The summed E-state index contributed by atoms with van der Waals surface area (Å²) >= 11 is 6.34. The molecule has 42 heavy (non-hydrogen) atoms. The number of amides is 3. The fourth-order valence-corrected chi connectivity index (χ4v) is 5.10. The van der Waals surface area contributed by atoms with Crippen molar-refractivity contribution in [1.82, 2.24) is 5.32 Å². The Morgan fingerprint density at radius 3 is 2.50 bits per heavy atom. The lowest BCUT2D eigenvalue weighted by molar-refractivity contribution is -0.144. The molecule has 3 aromatic rings. The van der Waals surface area contributed by atoms with Crippen LogP contribution in [0.1, 0.15) is 29.9 Å². The number of nitrogens with two attached hydrogens (primary N) is 1. The van der Waals surface area contributed by atoms with Crippen LogP contribution in [0.3, 0.4) is 0 Å². The molecule has 3 atom stereocenters. The summed E-state index contributed by atoms with van der Waals surface area (Å²) < 4.78 is 54.2. The third kappa shape index (κ3) is 6.98. The number of anilines is 3. The third-order valence-corrected chi connectivity index (χ3v) is 7.11. The summed E-state index contributed by atoms with van der Waals surface area (Å²) in [4.78, 5) is 40.9. The summed E-state index contributed by atoms with van der Waals surface area (Å²) in [7, 11) is 0. The number of rotatable bonds is 8. The van der Waals surface area contributed by atoms with Crippen molar-refractivity contribution in [2.45, 2.75) is 31.0 Å². The number of primary amides is 1. The highest BCUT2D eigenvalue weighted by Gasteiger charge is 2.40. The first-order chi connectivity index (χ1) is 19.9. The normalized spacial score (nSPS) is 16.3. The van der Waals surface area contributed by atoms with Crippen LogP contribution in [0.15, 0.2) is 66.7 Å². The molecule has 0 radical (unpaired) electrons. The lowest BCUT2D eigenvalue weighted by atomic mass is 9.81. The summed E-state index contributed by atoms with van der Waals surface area (Å²) in [6, 6.07) is 16.3. The van der Waals surface area contributed by atoms with E-state index in [4.69, 9.17) is 17.3 Å². The van der Waals surface area contributed by atoms with E-state index >= 15 is 0 Å². The monoisotopic (exact) mass is 601 g/mol. The Balaban J connectivity index is 1.73. The average molecular weight is 602 g/mol. The molecule has 1 aliphatic heterocycles. The molecule has 0 saturated heterocycles. The largest absolute Gasteiger partial charge is 0.389 e. The van der Waals surface area contributed by atoms with Crippen LogP contribution < -0.4 is 21.3 Å². The lowest BCUT2D eigenvalue weighted by Gasteiger charge is -2.29. The maximum Gasteiger partial charge on any atom is 0.389 e. The standard InChI is InChI=1S/C29H24ClF4N5O3/c30-21-7-4-8-23-25(21)38-28(42)22(15-39(23)19-12-16(14-35)11-18(31)13-19)37-27(41)20(9-10-29(32,33)34)24(26(36)40)17-5-2-1-3-6-17/h1-8,11-13,20,22,24H,9-10,15H2,(H2,36,40)(H,37,41)(H,38,42). The molecule has 3 amide bonds. The molecule has 13 heteroatoms. The number of para-hydroxylation sites is 1. The predicted molar refractivity (Wildman–Crippen MR) is 147 cm³/mol. The molecule has 0 aliphatic carbocycles. The quantitative estimate of drug-likeness (QED) is 0.308. The first-order valence-electron chi connectivity index (χ1n) is 12.7. The number of nitrogens with zero attached hydrogens (tertiary/aromatic N) is 2. The summed E-state index contributed by atoms with van der Waals surface area (Å²) in [5.41, 5.74) is 6.41. The number of alkyl halides is 3. The van der Waals surface area contributed by atoms with Gasteiger partial charge in [0.15, 0.2) is 0 Å². The number of nitriles is 1. The zero-order chi connectivity index (χ0) is 30.6. The molecule has 0 fully saturated rings. The van der Waals surface area contributed by atoms with Gasteiger partial charge in [0.1, 0.15) is 11.9 Å². The number of fused-ring (bicyclic) bond motifs is 1. The second kappa shape index (κ2) is 12.5. The van der Waals surface area contributed by atoms with Crippen LogP contribution in [0.25, 0.3) is 0 Å². The molecule has 0 saturated carbocycles. The number of nitrogens with one attached hydrogen (secondary N) is 2. The summed E-state index contributed by atoms with van der Waals surface area (Å²) in [5.74, 6) is -6.54. The van der Waals surface area contributed by atoms with Crippen molar-refractivity contribution in [1.29, 1.82) is 5.26 Å². The first-order valence-corrected chi connectivity index (χ1v) is 13.0. The van der Waals surface area contributed by atoms with Crippen molar-refractivity contribution in [3.05, 3.63) is 88.7 Å². The number of halogens is 5. The zero-order valence-electron chi connectivity index (χ0n) is 21.8. The minimum Gasteiger partial charge on any atom is -0.369 e. The van der Waals surface area contributed by atoms with Crippen LogP contribution in [-0.4, -0.2) is 36.5 Å². The van der Waals surface area contributed by atoms with Crippen LogP contribution in [0.4, 0.5) is 34.6 Å². The number of hydrogen-bond donors (Lipinski definition) is 3. The van der Waals surface area contributed by atoms with Gasteiger partial charge in [-0.05, 0) is 42.3 Å². The Kier molecular flexibility index (Phi) is 9.02. The maximum atomic E-state index is 14.4. The van der Waals surface area contributed by atoms with Gasteiger partial charge in [0, 0.05) is 12.1 Å². The number of hydrogen-bond acceptors (Lipinski definition) is 5. The van der Waals surface area contributed by atoms with Crippen molar-refractivity contribution in [2.75, 3.05) is 16.8 Å². The topological polar surface area (TPSA) is 128 Å². The Labute approximate surface area is 243 Å². The average Bonchev–Trinajstić information content (AvgIpc) is 3.07. The number of carbonyl (C=O) groups excluding carboxylic acids is 3. The van der Waals surface area contributed by atoms with Crippen LogP contribution in [0.2, 0.25) is 5.02 Å². The van der Waals surface area contributed by atoms with Crippen molar-refractivity contribution in [3.8, 4) is 6.07 Å². The van der Waals surface area contributed by atoms with Gasteiger partial charge in [0.2, 0.25) is 17.7 Å². The Morgan fingerprint density at radius 1 is 1.14 bits per heavy atom. The molecular formula is C29H24ClF4N5O3. The van der Waals surface area contributed by atoms with Gasteiger partial charge in [0.25, 0.3) is 0 Å². The molecule has 3 unspecified atom stereocenters.